The third-order valence-corrected chi connectivity index (χ3v) is 7.15. The van der Waals surface area contributed by atoms with Crippen LogP contribution in [0.3, 0.4) is 0 Å². The Bertz CT molecular complexity index is 1330. The van der Waals surface area contributed by atoms with Crippen LogP contribution in [0.4, 0.5) is 10.2 Å². The summed E-state index contributed by atoms with van der Waals surface area (Å²) in [6, 6.07) is 9.30. The second-order valence-corrected chi connectivity index (χ2v) is 9.28. The SMILES string of the molecule is CN(c1cnc(-c2ccc(-c3cnn(-c4cccnc4)c3)cc2O)cn1)[C@@H]1C[C@H]2CC[C@H](N2)[C@@H]1F. The normalized spacial score (nSPS) is 23.4. The van der Waals surface area contributed by atoms with Crippen molar-refractivity contribution in [2.24, 2.45) is 0 Å². The van der Waals surface area contributed by atoms with Crippen molar-refractivity contribution >= 4 is 5.82 Å². The number of hydrogen-bond acceptors (Lipinski definition) is 7. The molecule has 35 heavy (non-hydrogen) atoms. The van der Waals surface area contributed by atoms with Crippen molar-refractivity contribution in [2.75, 3.05) is 11.9 Å². The van der Waals surface area contributed by atoms with E-state index in [2.05, 4.69) is 25.4 Å². The molecule has 4 aromatic rings. The summed E-state index contributed by atoms with van der Waals surface area (Å²) < 4.78 is 16.7. The van der Waals surface area contributed by atoms with Gasteiger partial charge in [0.25, 0.3) is 0 Å². The Morgan fingerprint density at radius 3 is 2.77 bits per heavy atom. The molecule has 2 saturated heterocycles. The molecule has 2 aliphatic heterocycles. The average Bonchev–Trinajstić information content (AvgIpc) is 3.55. The van der Waals surface area contributed by atoms with Crippen molar-refractivity contribution in [3.05, 3.63) is 67.5 Å². The number of aromatic hydroxyl groups is 1. The van der Waals surface area contributed by atoms with Crippen LogP contribution < -0.4 is 10.2 Å². The van der Waals surface area contributed by atoms with Crippen LogP contribution in [0.2, 0.25) is 0 Å². The number of alkyl halides is 1. The van der Waals surface area contributed by atoms with Crippen LogP contribution in [-0.2, 0) is 0 Å². The van der Waals surface area contributed by atoms with Gasteiger partial charge in [-0.3, -0.25) is 9.97 Å². The summed E-state index contributed by atoms with van der Waals surface area (Å²) in [5.41, 5.74) is 3.70. The molecule has 3 aromatic heterocycles. The van der Waals surface area contributed by atoms with Crippen molar-refractivity contribution in [1.29, 1.82) is 0 Å². The highest BCUT2D eigenvalue weighted by Crippen LogP contribution is 2.35. The zero-order chi connectivity index (χ0) is 23.9. The van der Waals surface area contributed by atoms with Crippen molar-refractivity contribution in [3.63, 3.8) is 0 Å². The Balaban J connectivity index is 1.20. The number of fused-ring (bicyclic) bond motifs is 2. The van der Waals surface area contributed by atoms with E-state index in [1.54, 1.807) is 41.7 Å². The molecule has 2 N–H and O–H groups in total. The summed E-state index contributed by atoms with van der Waals surface area (Å²) >= 11 is 0. The minimum atomic E-state index is -0.931. The van der Waals surface area contributed by atoms with Crippen LogP contribution in [0.15, 0.2) is 67.5 Å². The molecule has 0 radical (unpaired) electrons. The van der Waals surface area contributed by atoms with Gasteiger partial charge in [0.2, 0.25) is 0 Å². The molecule has 2 bridgehead atoms. The van der Waals surface area contributed by atoms with Gasteiger partial charge in [0, 0.05) is 42.7 Å². The number of benzene rings is 1. The lowest BCUT2D eigenvalue weighted by molar-refractivity contribution is 0.176. The van der Waals surface area contributed by atoms with E-state index in [4.69, 9.17) is 0 Å². The van der Waals surface area contributed by atoms with Crippen LogP contribution in [0, 0.1) is 0 Å². The molecule has 1 aromatic carbocycles. The summed E-state index contributed by atoms with van der Waals surface area (Å²) in [5, 5.41) is 18.5. The minimum Gasteiger partial charge on any atom is -0.507 e. The van der Waals surface area contributed by atoms with Crippen molar-refractivity contribution in [1.82, 2.24) is 30.0 Å². The van der Waals surface area contributed by atoms with E-state index in [1.165, 1.54) is 0 Å². The number of hydrogen-bond donors (Lipinski definition) is 2. The first-order valence-electron chi connectivity index (χ1n) is 11.8. The van der Waals surface area contributed by atoms with E-state index in [-0.39, 0.29) is 17.8 Å². The van der Waals surface area contributed by atoms with Gasteiger partial charge in [-0.05, 0) is 49.1 Å². The Kier molecular flexibility index (Phi) is 5.41. The molecule has 178 valence electrons. The monoisotopic (exact) mass is 471 g/mol. The number of rotatable bonds is 5. The van der Waals surface area contributed by atoms with E-state index < -0.39 is 6.17 Å². The fourth-order valence-electron chi connectivity index (χ4n) is 5.19. The van der Waals surface area contributed by atoms with Crippen LogP contribution in [0.1, 0.15) is 19.3 Å². The molecule has 9 heteroatoms. The van der Waals surface area contributed by atoms with Crippen LogP contribution in [-0.4, -0.2) is 61.2 Å². The lowest BCUT2D eigenvalue weighted by Crippen LogP contribution is -2.55. The Labute approximate surface area is 202 Å². The van der Waals surface area contributed by atoms with E-state index in [1.807, 2.05) is 42.4 Å². The Morgan fingerprint density at radius 1 is 1.09 bits per heavy atom. The van der Waals surface area contributed by atoms with Gasteiger partial charge in [0.05, 0.1) is 42.2 Å². The van der Waals surface area contributed by atoms with Gasteiger partial charge in [-0.25, -0.2) is 14.1 Å². The molecule has 0 amide bonds. The molecule has 5 heterocycles. The third-order valence-electron chi connectivity index (χ3n) is 7.15. The molecular weight excluding hydrogens is 445 g/mol. The number of piperidine rings is 1. The molecule has 8 nitrogen and oxygen atoms in total. The van der Waals surface area contributed by atoms with Gasteiger partial charge in [-0.15, -0.1) is 0 Å². The smallest absolute Gasteiger partial charge is 0.147 e. The maximum absolute atomic E-state index is 15.0. The summed E-state index contributed by atoms with van der Waals surface area (Å²) in [6.07, 6.45) is 12.1. The molecule has 0 spiro atoms. The molecule has 0 unspecified atom stereocenters. The van der Waals surface area contributed by atoms with Crippen molar-refractivity contribution in [2.45, 2.75) is 43.6 Å². The molecule has 0 saturated carbocycles. The highest BCUT2D eigenvalue weighted by Gasteiger charge is 2.43. The number of phenols is 1. The first-order chi connectivity index (χ1) is 17.1. The van der Waals surface area contributed by atoms with Crippen molar-refractivity contribution < 1.29 is 9.50 Å². The highest BCUT2D eigenvalue weighted by atomic mass is 19.1. The van der Waals surface area contributed by atoms with Gasteiger partial charge in [-0.2, -0.15) is 5.10 Å². The zero-order valence-electron chi connectivity index (χ0n) is 19.3. The maximum atomic E-state index is 15.0. The zero-order valence-corrected chi connectivity index (χ0v) is 19.3. The quantitative estimate of drug-likeness (QED) is 0.458. The molecule has 0 aliphatic carbocycles. The summed E-state index contributed by atoms with van der Waals surface area (Å²) in [6.45, 7) is 0. The minimum absolute atomic E-state index is 0.0691. The predicted octanol–water partition coefficient (Wildman–Crippen LogP) is 3.76. The number of nitrogens with one attached hydrogen (secondary N) is 1. The summed E-state index contributed by atoms with van der Waals surface area (Å²) in [4.78, 5) is 15.1. The maximum Gasteiger partial charge on any atom is 0.147 e. The van der Waals surface area contributed by atoms with Gasteiger partial charge < -0.3 is 15.3 Å². The molecule has 2 aliphatic rings. The van der Waals surface area contributed by atoms with Gasteiger partial charge in [0.1, 0.15) is 17.7 Å². The molecular formula is C26H26FN7O. The fourth-order valence-corrected chi connectivity index (χ4v) is 5.19. The van der Waals surface area contributed by atoms with E-state index in [0.29, 0.717) is 23.1 Å². The largest absolute Gasteiger partial charge is 0.507 e. The third kappa shape index (κ3) is 4.01. The van der Waals surface area contributed by atoms with Crippen LogP contribution in [0.25, 0.3) is 28.1 Å². The molecule has 6 rings (SSSR count). The molecule has 4 atom stereocenters. The standard InChI is InChI=1S/C26H26FN7O/c1-33(23-10-18-5-7-21(32-18)26(23)27)25-14-29-22(13-30-25)20-6-4-16(9-24(20)35)17-11-31-34(15-17)19-3-2-8-28-12-19/h2-4,6,8-9,11-15,18,21,23,26,32,35H,5,7,10H2,1H3/t18-,21+,23-,26+/m1/s1. The first kappa shape index (κ1) is 21.7. The lowest BCUT2D eigenvalue weighted by atomic mass is 9.96. The fraction of sp³-hybridized carbons (Fsp3) is 0.308. The average molecular weight is 472 g/mol. The second kappa shape index (κ2) is 8.74. The topological polar surface area (TPSA) is 92.0 Å². The number of phenolic OH excluding ortho intramolecular Hbond substituents is 1. The second-order valence-electron chi connectivity index (χ2n) is 9.28. The highest BCUT2D eigenvalue weighted by molar-refractivity contribution is 5.73. The predicted molar refractivity (Wildman–Crippen MR) is 131 cm³/mol. The van der Waals surface area contributed by atoms with Crippen LogP contribution in [0.5, 0.6) is 5.75 Å². The van der Waals surface area contributed by atoms with Gasteiger partial charge in [-0.1, -0.05) is 6.07 Å². The van der Waals surface area contributed by atoms with Gasteiger partial charge >= 0.3 is 0 Å². The lowest BCUT2D eigenvalue weighted by Gasteiger charge is -2.38. The summed E-state index contributed by atoms with van der Waals surface area (Å²) in [5.74, 6) is 0.729. The van der Waals surface area contributed by atoms with Crippen LogP contribution >= 0.6 is 0 Å². The van der Waals surface area contributed by atoms with E-state index in [9.17, 15) is 9.50 Å². The van der Waals surface area contributed by atoms with Crippen molar-refractivity contribution in [3.8, 4) is 33.8 Å². The number of pyridine rings is 1. The van der Waals surface area contributed by atoms with Gasteiger partial charge in [0.15, 0.2) is 0 Å². The number of halogens is 1. The van der Waals surface area contributed by atoms with E-state index in [0.717, 1.165) is 36.1 Å². The van der Waals surface area contributed by atoms with E-state index >= 15 is 0 Å². The molecule has 2 fully saturated rings. The summed E-state index contributed by atoms with van der Waals surface area (Å²) in [7, 11) is 1.88. The first-order valence-corrected chi connectivity index (χ1v) is 11.8. The number of anilines is 1. The number of nitrogens with zero attached hydrogens (tertiary/aromatic N) is 6. The number of aromatic nitrogens is 5. The Morgan fingerprint density at radius 2 is 2.00 bits per heavy atom. The Hall–Kier alpha value is -3.85.